The van der Waals surface area contributed by atoms with Gasteiger partial charge >= 0.3 is 11.9 Å². The molecule has 1 rings (SSSR count). The molecule has 0 spiro atoms. The van der Waals surface area contributed by atoms with Gasteiger partial charge in [-0.15, -0.1) is 0 Å². The van der Waals surface area contributed by atoms with Crippen LogP contribution in [0.4, 0.5) is 0 Å². The number of rotatable bonds is 13. The molecular weight excluding hydrogens is 412 g/mol. The molecule has 1 heterocycles. The number of carbonyl (C=O) groups excluding carboxylic acids is 3. The second-order valence-electron chi connectivity index (χ2n) is 7.03. The predicted molar refractivity (Wildman–Crippen MR) is 106 cm³/mol. The van der Waals surface area contributed by atoms with E-state index in [0.717, 1.165) is 0 Å². The Hall–Kier alpha value is -3.48. The normalized spacial score (nSPS) is 14.5. The van der Waals surface area contributed by atoms with Crippen LogP contribution in [-0.2, 0) is 30.4 Å². The zero-order valence-electron chi connectivity index (χ0n) is 17.3. The fraction of sp³-hybridized carbons (Fsp3) is 0.556. The molecule has 0 bridgehead atoms. The van der Waals surface area contributed by atoms with Crippen molar-refractivity contribution in [2.75, 3.05) is 6.54 Å². The van der Waals surface area contributed by atoms with Crippen molar-refractivity contribution in [1.82, 2.24) is 25.9 Å². The number of carboxylic acids is 2. The lowest BCUT2D eigenvalue weighted by Gasteiger charge is -2.25. The first-order chi connectivity index (χ1) is 14.5. The predicted octanol–water partition coefficient (Wildman–Crippen LogP) is -2.03. The van der Waals surface area contributed by atoms with Gasteiger partial charge in [0.05, 0.1) is 25.3 Å². The summed E-state index contributed by atoms with van der Waals surface area (Å²) in [6.45, 7) is 2.96. The second-order valence-corrected chi connectivity index (χ2v) is 7.03. The van der Waals surface area contributed by atoms with Crippen LogP contribution in [0.1, 0.15) is 32.4 Å². The van der Waals surface area contributed by atoms with Crippen molar-refractivity contribution in [2.45, 2.75) is 51.2 Å². The molecule has 0 aliphatic carbocycles. The Morgan fingerprint density at radius 2 is 1.84 bits per heavy atom. The molecule has 3 amide bonds. The average Bonchev–Trinajstić information content (AvgIpc) is 3.21. The molecule has 1 aromatic rings. The standard InChI is InChI=1S/C18H28N6O7/c1-3-9(2)15(24-16(28)11(19)5-14(26)27)17(29)21-7-13(25)23-12(18(30)31)4-10-6-20-8-22-10/h6,8-9,11-12,15H,3-5,7,19H2,1-2H3,(H,20,22)(H,21,29)(H,23,25)(H,24,28)(H,26,27)(H,30,31). The van der Waals surface area contributed by atoms with E-state index in [2.05, 4.69) is 25.9 Å². The third kappa shape index (κ3) is 8.82. The molecule has 31 heavy (non-hydrogen) atoms. The second kappa shape index (κ2) is 12.3. The van der Waals surface area contributed by atoms with E-state index >= 15 is 0 Å². The van der Waals surface area contributed by atoms with Crippen LogP contribution in [-0.4, -0.2) is 74.5 Å². The molecule has 1 aromatic heterocycles. The number of carboxylic acid groups (broad SMARTS) is 2. The van der Waals surface area contributed by atoms with Gasteiger partial charge in [0.15, 0.2) is 0 Å². The summed E-state index contributed by atoms with van der Waals surface area (Å²) in [5.74, 6) is -5.08. The molecule has 4 atom stereocenters. The number of aromatic nitrogens is 2. The van der Waals surface area contributed by atoms with E-state index in [1.807, 2.05) is 0 Å². The summed E-state index contributed by atoms with van der Waals surface area (Å²) >= 11 is 0. The highest BCUT2D eigenvalue weighted by Gasteiger charge is 2.29. The van der Waals surface area contributed by atoms with E-state index < -0.39 is 60.8 Å². The van der Waals surface area contributed by atoms with Crippen molar-refractivity contribution in [2.24, 2.45) is 11.7 Å². The summed E-state index contributed by atoms with van der Waals surface area (Å²) in [7, 11) is 0. The number of nitrogens with one attached hydrogen (secondary N) is 4. The van der Waals surface area contributed by atoms with E-state index in [1.54, 1.807) is 13.8 Å². The number of aromatic amines is 1. The largest absolute Gasteiger partial charge is 0.481 e. The number of nitrogens with zero attached hydrogens (tertiary/aromatic N) is 1. The number of H-pyrrole nitrogens is 1. The summed E-state index contributed by atoms with van der Waals surface area (Å²) in [6, 6.07) is -3.62. The monoisotopic (exact) mass is 440 g/mol. The highest BCUT2D eigenvalue weighted by Crippen LogP contribution is 2.08. The maximum Gasteiger partial charge on any atom is 0.326 e. The number of hydrogen-bond donors (Lipinski definition) is 7. The molecule has 13 heteroatoms. The third-order valence-corrected chi connectivity index (χ3v) is 4.56. The van der Waals surface area contributed by atoms with Crippen LogP contribution in [0.15, 0.2) is 12.5 Å². The van der Waals surface area contributed by atoms with E-state index in [-0.39, 0.29) is 12.3 Å². The van der Waals surface area contributed by atoms with Crippen LogP contribution in [0.5, 0.6) is 0 Å². The SMILES string of the molecule is CCC(C)C(NC(=O)C(N)CC(=O)O)C(=O)NCC(=O)NC(Cc1cnc[nH]1)C(=O)O. The smallest absolute Gasteiger partial charge is 0.326 e. The van der Waals surface area contributed by atoms with Crippen molar-refractivity contribution in [3.05, 3.63) is 18.2 Å². The van der Waals surface area contributed by atoms with Crippen LogP contribution in [0.3, 0.4) is 0 Å². The maximum atomic E-state index is 12.5. The van der Waals surface area contributed by atoms with Gasteiger partial charge in [-0.25, -0.2) is 9.78 Å². The van der Waals surface area contributed by atoms with Crippen molar-refractivity contribution >= 4 is 29.7 Å². The number of nitrogens with two attached hydrogens (primary N) is 1. The number of aliphatic carboxylic acids is 2. The first-order valence-electron chi connectivity index (χ1n) is 9.60. The van der Waals surface area contributed by atoms with Crippen LogP contribution in [0.2, 0.25) is 0 Å². The van der Waals surface area contributed by atoms with Crippen molar-refractivity contribution in [3.63, 3.8) is 0 Å². The first kappa shape index (κ1) is 25.6. The zero-order valence-corrected chi connectivity index (χ0v) is 17.3. The summed E-state index contributed by atoms with van der Waals surface area (Å²) < 4.78 is 0. The van der Waals surface area contributed by atoms with Gasteiger partial charge in [0, 0.05) is 18.3 Å². The average molecular weight is 440 g/mol. The van der Waals surface area contributed by atoms with Gasteiger partial charge in [0.25, 0.3) is 0 Å². The highest BCUT2D eigenvalue weighted by atomic mass is 16.4. The zero-order chi connectivity index (χ0) is 23.6. The minimum absolute atomic E-state index is 0.0258. The Labute approximate surface area is 178 Å². The molecule has 0 aromatic carbocycles. The molecule has 0 saturated carbocycles. The van der Waals surface area contributed by atoms with Gasteiger partial charge in [0.1, 0.15) is 12.1 Å². The summed E-state index contributed by atoms with van der Waals surface area (Å²) in [4.78, 5) is 65.3. The molecule has 4 unspecified atom stereocenters. The molecular formula is C18H28N6O7. The summed E-state index contributed by atoms with van der Waals surface area (Å²) in [5, 5.41) is 25.1. The number of carbonyl (C=O) groups is 5. The molecule has 0 radical (unpaired) electrons. The lowest BCUT2D eigenvalue weighted by molar-refractivity contribution is -0.141. The Kier molecular flexibility index (Phi) is 10.1. The van der Waals surface area contributed by atoms with Crippen LogP contribution in [0, 0.1) is 5.92 Å². The third-order valence-electron chi connectivity index (χ3n) is 4.56. The number of amides is 3. The van der Waals surface area contributed by atoms with Crippen molar-refractivity contribution < 1.29 is 34.2 Å². The Morgan fingerprint density at radius 1 is 1.16 bits per heavy atom. The van der Waals surface area contributed by atoms with Gasteiger partial charge in [-0.3, -0.25) is 19.2 Å². The Balaban J connectivity index is 2.66. The van der Waals surface area contributed by atoms with E-state index in [0.29, 0.717) is 12.1 Å². The maximum absolute atomic E-state index is 12.5. The van der Waals surface area contributed by atoms with E-state index in [9.17, 15) is 29.1 Å². The lowest BCUT2D eigenvalue weighted by Crippen LogP contribution is -2.56. The first-order valence-corrected chi connectivity index (χ1v) is 9.60. The van der Waals surface area contributed by atoms with Crippen LogP contribution >= 0.6 is 0 Å². The van der Waals surface area contributed by atoms with Gasteiger partial charge < -0.3 is 36.9 Å². The summed E-state index contributed by atoms with van der Waals surface area (Å²) in [6.07, 6.45) is 2.68. The fourth-order valence-electron chi connectivity index (χ4n) is 2.58. The highest BCUT2D eigenvalue weighted by molar-refractivity contribution is 5.93. The quantitative estimate of drug-likeness (QED) is 0.180. The van der Waals surface area contributed by atoms with Gasteiger partial charge in [-0.1, -0.05) is 20.3 Å². The van der Waals surface area contributed by atoms with Crippen LogP contribution < -0.4 is 21.7 Å². The molecule has 0 saturated heterocycles. The van der Waals surface area contributed by atoms with Gasteiger partial charge in [-0.05, 0) is 5.92 Å². The number of hydrogen-bond acceptors (Lipinski definition) is 7. The lowest BCUT2D eigenvalue weighted by atomic mass is 9.97. The Morgan fingerprint density at radius 3 is 2.35 bits per heavy atom. The minimum atomic E-state index is -1.33. The number of imidazole rings is 1. The molecule has 0 aliphatic rings. The minimum Gasteiger partial charge on any atom is -0.481 e. The van der Waals surface area contributed by atoms with Crippen LogP contribution in [0.25, 0.3) is 0 Å². The molecule has 172 valence electrons. The molecule has 8 N–H and O–H groups in total. The van der Waals surface area contributed by atoms with Crippen molar-refractivity contribution in [3.8, 4) is 0 Å². The summed E-state index contributed by atoms with van der Waals surface area (Å²) in [5.41, 5.74) is 6.03. The van der Waals surface area contributed by atoms with Gasteiger partial charge in [-0.2, -0.15) is 0 Å². The fourth-order valence-corrected chi connectivity index (χ4v) is 2.58. The molecule has 0 fully saturated rings. The van der Waals surface area contributed by atoms with Gasteiger partial charge in [0.2, 0.25) is 17.7 Å². The van der Waals surface area contributed by atoms with Crippen molar-refractivity contribution in [1.29, 1.82) is 0 Å². The Bertz CT molecular complexity index is 782. The van der Waals surface area contributed by atoms with E-state index in [1.165, 1.54) is 12.5 Å². The molecule has 0 aliphatic heterocycles. The topological polar surface area (TPSA) is 217 Å². The van der Waals surface area contributed by atoms with E-state index in [4.69, 9.17) is 10.8 Å². The molecule has 13 nitrogen and oxygen atoms in total.